The molecule has 0 aliphatic rings. The van der Waals surface area contributed by atoms with E-state index >= 15 is 0 Å². The third kappa shape index (κ3) is 3.26. The van der Waals surface area contributed by atoms with Crippen LogP contribution in [0.4, 0.5) is 11.6 Å². The summed E-state index contributed by atoms with van der Waals surface area (Å²) in [6.45, 7) is 2.50. The number of ether oxygens (including phenoxy) is 1. The van der Waals surface area contributed by atoms with Gasteiger partial charge in [0.2, 0.25) is 11.7 Å². The number of hydrogen-bond acceptors (Lipinski definition) is 6. The molecule has 0 aliphatic carbocycles. The highest BCUT2D eigenvalue weighted by Gasteiger charge is 2.08. The summed E-state index contributed by atoms with van der Waals surface area (Å²) in [6.07, 6.45) is 1.35. The molecule has 0 spiro atoms. The molecule has 0 radical (unpaired) electrons. The molecule has 1 aromatic heterocycles. The molecule has 1 aromatic rings. The SMILES string of the molecule is COc1c(N)ncnc1NCCNC(C)=O. The number of methoxy groups -OCH3 is 1. The number of rotatable bonds is 5. The smallest absolute Gasteiger partial charge is 0.216 e. The standard InChI is InChI=1S/C9H15N5O2/c1-6(15)11-3-4-12-9-7(16-2)8(10)13-5-14-9/h5H,3-4H2,1-2H3,(H,11,15)(H3,10,12,13,14). The molecule has 1 amide bonds. The number of nitrogens with zero attached hydrogens (tertiary/aromatic N) is 2. The lowest BCUT2D eigenvalue weighted by Crippen LogP contribution is -2.26. The minimum atomic E-state index is -0.0732. The molecule has 0 saturated carbocycles. The van der Waals surface area contributed by atoms with Crippen LogP contribution < -0.4 is 21.1 Å². The lowest BCUT2D eigenvalue weighted by molar-refractivity contribution is -0.118. The lowest BCUT2D eigenvalue weighted by atomic mass is 10.4. The van der Waals surface area contributed by atoms with E-state index < -0.39 is 0 Å². The Bertz CT molecular complexity index is 369. The zero-order valence-electron chi connectivity index (χ0n) is 9.28. The molecular formula is C9H15N5O2. The van der Waals surface area contributed by atoms with Gasteiger partial charge in [0, 0.05) is 20.0 Å². The average Bonchev–Trinajstić information content (AvgIpc) is 2.24. The highest BCUT2D eigenvalue weighted by atomic mass is 16.5. The molecule has 0 bridgehead atoms. The van der Waals surface area contributed by atoms with Crippen molar-refractivity contribution in [3.63, 3.8) is 0 Å². The number of carbonyl (C=O) groups excluding carboxylic acids is 1. The van der Waals surface area contributed by atoms with Gasteiger partial charge in [-0.1, -0.05) is 0 Å². The molecule has 1 heterocycles. The second-order valence-corrected chi connectivity index (χ2v) is 3.05. The Hall–Kier alpha value is -2.05. The van der Waals surface area contributed by atoms with E-state index in [2.05, 4.69) is 20.6 Å². The summed E-state index contributed by atoms with van der Waals surface area (Å²) in [5, 5.41) is 5.64. The van der Waals surface area contributed by atoms with Crippen LogP contribution in [0.2, 0.25) is 0 Å². The van der Waals surface area contributed by atoms with Crippen molar-refractivity contribution in [1.82, 2.24) is 15.3 Å². The van der Waals surface area contributed by atoms with Crippen molar-refractivity contribution in [2.45, 2.75) is 6.92 Å². The van der Waals surface area contributed by atoms with Gasteiger partial charge in [-0.3, -0.25) is 4.79 Å². The average molecular weight is 225 g/mol. The maximum absolute atomic E-state index is 10.6. The number of carbonyl (C=O) groups is 1. The van der Waals surface area contributed by atoms with Gasteiger partial charge in [0.1, 0.15) is 6.33 Å². The van der Waals surface area contributed by atoms with Crippen molar-refractivity contribution in [1.29, 1.82) is 0 Å². The minimum Gasteiger partial charge on any atom is -0.490 e. The Morgan fingerprint density at radius 1 is 1.50 bits per heavy atom. The summed E-state index contributed by atoms with van der Waals surface area (Å²) in [6, 6.07) is 0. The van der Waals surface area contributed by atoms with Crippen LogP contribution in [0, 0.1) is 0 Å². The summed E-state index contributed by atoms with van der Waals surface area (Å²) in [4.78, 5) is 18.4. The highest BCUT2D eigenvalue weighted by Crippen LogP contribution is 2.25. The van der Waals surface area contributed by atoms with E-state index in [4.69, 9.17) is 10.5 Å². The zero-order chi connectivity index (χ0) is 12.0. The first-order valence-electron chi connectivity index (χ1n) is 4.78. The van der Waals surface area contributed by atoms with Gasteiger partial charge in [-0.05, 0) is 0 Å². The van der Waals surface area contributed by atoms with Gasteiger partial charge in [0.25, 0.3) is 0 Å². The second kappa shape index (κ2) is 5.74. The predicted molar refractivity (Wildman–Crippen MR) is 60.2 cm³/mol. The first-order valence-corrected chi connectivity index (χ1v) is 4.78. The van der Waals surface area contributed by atoms with Crippen molar-refractivity contribution >= 4 is 17.5 Å². The van der Waals surface area contributed by atoms with Crippen LogP contribution in [0.15, 0.2) is 6.33 Å². The molecule has 0 aliphatic heterocycles. The molecule has 16 heavy (non-hydrogen) atoms. The Morgan fingerprint density at radius 3 is 2.88 bits per heavy atom. The molecule has 7 nitrogen and oxygen atoms in total. The maximum atomic E-state index is 10.6. The monoisotopic (exact) mass is 225 g/mol. The first-order chi connectivity index (χ1) is 7.65. The van der Waals surface area contributed by atoms with E-state index in [-0.39, 0.29) is 11.7 Å². The van der Waals surface area contributed by atoms with Crippen LogP contribution in [-0.4, -0.2) is 36.1 Å². The fraction of sp³-hybridized carbons (Fsp3) is 0.444. The van der Waals surface area contributed by atoms with Crippen LogP contribution in [0.25, 0.3) is 0 Å². The summed E-state index contributed by atoms with van der Waals surface area (Å²) in [5.74, 6) is 1.13. The predicted octanol–water partition coefficient (Wildman–Crippen LogP) is -0.385. The number of amides is 1. The van der Waals surface area contributed by atoms with Crippen LogP contribution in [0.5, 0.6) is 5.75 Å². The molecule has 0 unspecified atom stereocenters. The third-order valence-electron chi connectivity index (χ3n) is 1.83. The van der Waals surface area contributed by atoms with Gasteiger partial charge in [0.05, 0.1) is 7.11 Å². The summed E-state index contributed by atoms with van der Waals surface area (Å²) in [7, 11) is 1.49. The molecule has 7 heteroatoms. The van der Waals surface area contributed by atoms with Crippen molar-refractivity contribution in [3.8, 4) is 5.75 Å². The molecule has 88 valence electrons. The quantitative estimate of drug-likeness (QED) is 0.590. The first kappa shape index (κ1) is 12.0. The minimum absolute atomic E-state index is 0.0732. The van der Waals surface area contributed by atoms with Crippen LogP contribution in [0.3, 0.4) is 0 Å². The molecule has 0 saturated heterocycles. The topological polar surface area (TPSA) is 102 Å². The summed E-state index contributed by atoms with van der Waals surface area (Å²) < 4.78 is 5.05. The van der Waals surface area contributed by atoms with Gasteiger partial charge in [-0.25, -0.2) is 9.97 Å². The number of hydrogen-bond donors (Lipinski definition) is 3. The van der Waals surface area contributed by atoms with Gasteiger partial charge >= 0.3 is 0 Å². The molecule has 0 aromatic carbocycles. The van der Waals surface area contributed by atoms with E-state index in [9.17, 15) is 4.79 Å². The van der Waals surface area contributed by atoms with Crippen LogP contribution in [0.1, 0.15) is 6.92 Å². The Kier molecular flexibility index (Phi) is 4.31. The van der Waals surface area contributed by atoms with Crippen LogP contribution >= 0.6 is 0 Å². The summed E-state index contributed by atoms with van der Waals surface area (Å²) >= 11 is 0. The zero-order valence-corrected chi connectivity index (χ0v) is 9.28. The number of nitrogens with two attached hydrogens (primary N) is 1. The van der Waals surface area contributed by atoms with E-state index in [1.54, 1.807) is 0 Å². The van der Waals surface area contributed by atoms with Crippen molar-refractivity contribution in [3.05, 3.63) is 6.33 Å². The largest absolute Gasteiger partial charge is 0.490 e. The van der Waals surface area contributed by atoms with Gasteiger partial charge in [0.15, 0.2) is 11.6 Å². The van der Waals surface area contributed by atoms with E-state index in [1.807, 2.05) is 0 Å². The Balaban J connectivity index is 2.53. The third-order valence-corrected chi connectivity index (χ3v) is 1.83. The van der Waals surface area contributed by atoms with Gasteiger partial charge < -0.3 is 21.1 Å². The normalized spacial score (nSPS) is 9.62. The fourth-order valence-electron chi connectivity index (χ4n) is 1.13. The number of nitrogen functional groups attached to an aromatic ring is 1. The van der Waals surface area contributed by atoms with Gasteiger partial charge in [-0.15, -0.1) is 0 Å². The van der Waals surface area contributed by atoms with Crippen molar-refractivity contribution in [2.75, 3.05) is 31.2 Å². The Labute approximate surface area is 93.4 Å². The summed E-state index contributed by atoms with van der Waals surface area (Å²) in [5.41, 5.74) is 5.60. The number of nitrogens with one attached hydrogen (secondary N) is 2. The van der Waals surface area contributed by atoms with Gasteiger partial charge in [-0.2, -0.15) is 0 Å². The second-order valence-electron chi connectivity index (χ2n) is 3.05. The maximum Gasteiger partial charge on any atom is 0.216 e. The van der Waals surface area contributed by atoms with E-state index in [1.165, 1.54) is 20.4 Å². The van der Waals surface area contributed by atoms with E-state index in [0.29, 0.717) is 24.7 Å². The molecular weight excluding hydrogens is 210 g/mol. The molecule has 0 atom stereocenters. The molecule has 1 rings (SSSR count). The lowest BCUT2D eigenvalue weighted by Gasteiger charge is -2.10. The van der Waals surface area contributed by atoms with Crippen LogP contribution in [-0.2, 0) is 4.79 Å². The number of anilines is 2. The molecule has 0 fully saturated rings. The highest BCUT2D eigenvalue weighted by molar-refractivity contribution is 5.72. The van der Waals surface area contributed by atoms with Crippen molar-refractivity contribution < 1.29 is 9.53 Å². The number of aromatic nitrogens is 2. The fourth-order valence-corrected chi connectivity index (χ4v) is 1.13. The van der Waals surface area contributed by atoms with Crippen molar-refractivity contribution in [2.24, 2.45) is 0 Å². The van der Waals surface area contributed by atoms with E-state index in [0.717, 1.165) is 0 Å². The molecule has 4 N–H and O–H groups in total. The Morgan fingerprint density at radius 2 is 2.25 bits per heavy atom.